The number of hydrogen-bond acceptors (Lipinski definition) is 3. The number of nitrogens with two attached hydrogens (primary N) is 1. The number of piperidine rings is 1. The lowest BCUT2D eigenvalue weighted by atomic mass is 9.78. The standard InChI is InChI=1S/C21H34N4O2.HI/c1-4-10-21(3)11-7-12-25(16-21)20(23-5-2)24-14-17-8-6-9-18(13-17)27-15-19(22)26;/h6,8-9,13H,4-5,7,10-12,14-16H2,1-3H3,(H2,22,26)(H,23,24);1H. The average molecular weight is 502 g/mol. The Kier molecular flexibility index (Phi) is 10.6. The number of nitrogens with one attached hydrogen (secondary N) is 1. The molecule has 1 aliphatic heterocycles. The molecule has 158 valence electrons. The van der Waals surface area contributed by atoms with Crippen LogP contribution in [0.5, 0.6) is 5.75 Å². The molecular weight excluding hydrogens is 467 g/mol. The lowest BCUT2D eigenvalue weighted by Crippen LogP contribution is -2.49. The predicted molar refractivity (Wildman–Crippen MR) is 125 cm³/mol. The van der Waals surface area contributed by atoms with E-state index in [4.69, 9.17) is 15.5 Å². The van der Waals surface area contributed by atoms with Gasteiger partial charge in [-0.2, -0.15) is 0 Å². The third-order valence-electron chi connectivity index (χ3n) is 4.96. The van der Waals surface area contributed by atoms with E-state index >= 15 is 0 Å². The van der Waals surface area contributed by atoms with Gasteiger partial charge < -0.3 is 20.7 Å². The van der Waals surface area contributed by atoms with E-state index in [0.29, 0.717) is 17.7 Å². The van der Waals surface area contributed by atoms with E-state index in [1.165, 1.54) is 25.7 Å². The molecule has 1 amide bonds. The Balaban J connectivity index is 0.00000392. The van der Waals surface area contributed by atoms with Crippen LogP contribution in [0.25, 0.3) is 0 Å². The molecule has 1 atom stereocenters. The SMILES string of the molecule is CCCC1(C)CCCN(C(=NCc2cccc(OCC(N)=O)c2)NCC)C1.I. The highest BCUT2D eigenvalue weighted by Crippen LogP contribution is 2.34. The number of guanidine groups is 1. The molecule has 0 radical (unpaired) electrons. The Hall–Kier alpha value is -1.51. The summed E-state index contributed by atoms with van der Waals surface area (Å²) in [4.78, 5) is 18.1. The van der Waals surface area contributed by atoms with Gasteiger partial charge >= 0.3 is 0 Å². The molecule has 0 spiro atoms. The zero-order valence-electron chi connectivity index (χ0n) is 17.4. The molecule has 0 aliphatic carbocycles. The number of likely N-dealkylation sites (tertiary alicyclic amines) is 1. The number of hydrogen-bond donors (Lipinski definition) is 2. The zero-order chi connectivity index (χ0) is 19.7. The van der Waals surface area contributed by atoms with Crippen molar-refractivity contribution in [3.63, 3.8) is 0 Å². The van der Waals surface area contributed by atoms with Gasteiger partial charge in [0, 0.05) is 19.6 Å². The second kappa shape index (κ2) is 12.1. The maximum absolute atomic E-state index is 10.9. The van der Waals surface area contributed by atoms with Crippen molar-refractivity contribution in [2.45, 2.75) is 53.0 Å². The number of benzene rings is 1. The van der Waals surface area contributed by atoms with Crippen LogP contribution < -0.4 is 15.8 Å². The van der Waals surface area contributed by atoms with E-state index in [0.717, 1.165) is 31.2 Å². The minimum Gasteiger partial charge on any atom is -0.484 e. The van der Waals surface area contributed by atoms with Gasteiger partial charge in [0.25, 0.3) is 5.91 Å². The monoisotopic (exact) mass is 502 g/mol. The van der Waals surface area contributed by atoms with Crippen molar-refractivity contribution in [2.24, 2.45) is 16.1 Å². The first-order chi connectivity index (χ1) is 13.0. The molecule has 1 aliphatic rings. The minimum absolute atomic E-state index is 0. The van der Waals surface area contributed by atoms with Crippen molar-refractivity contribution in [1.82, 2.24) is 10.2 Å². The fourth-order valence-electron chi connectivity index (χ4n) is 3.78. The van der Waals surface area contributed by atoms with Crippen molar-refractivity contribution in [2.75, 3.05) is 26.2 Å². The average Bonchev–Trinajstić information content (AvgIpc) is 2.64. The quantitative estimate of drug-likeness (QED) is 0.324. The summed E-state index contributed by atoms with van der Waals surface area (Å²) in [5.74, 6) is 1.14. The van der Waals surface area contributed by atoms with Crippen molar-refractivity contribution >= 4 is 35.8 Å². The second-order valence-electron chi connectivity index (χ2n) is 7.66. The fraction of sp³-hybridized carbons (Fsp3) is 0.619. The number of carbonyl (C=O) groups is 1. The van der Waals surface area contributed by atoms with Crippen LogP contribution in [0, 0.1) is 5.41 Å². The summed E-state index contributed by atoms with van der Waals surface area (Å²) in [5.41, 5.74) is 6.55. The fourth-order valence-corrected chi connectivity index (χ4v) is 3.78. The van der Waals surface area contributed by atoms with E-state index in [2.05, 4.69) is 31.0 Å². The Morgan fingerprint density at radius 1 is 1.39 bits per heavy atom. The molecule has 0 aromatic heterocycles. The van der Waals surface area contributed by atoms with Crippen molar-refractivity contribution in [3.8, 4) is 5.75 Å². The first kappa shape index (κ1) is 24.5. The van der Waals surface area contributed by atoms with Crippen LogP contribution in [0.3, 0.4) is 0 Å². The highest BCUT2D eigenvalue weighted by atomic mass is 127. The number of aliphatic imine (C=N–C) groups is 1. The van der Waals surface area contributed by atoms with Gasteiger partial charge in [-0.15, -0.1) is 24.0 Å². The maximum Gasteiger partial charge on any atom is 0.255 e. The Labute approximate surface area is 186 Å². The third-order valence-corrected chi connectivity index (χ3v) is 4.96. The molecule has 0 bridgehead atoms. The van der Waals surface area contributed by atoms with Gasteiger partial charge in [-0.05, 0) is 49.3 Å². The van der Waals surface area contributed by atoms with Crippen molar-refractivity contribution < 1.29 is 9.53 Å². The number of nitrogens with zero attached hydrogens (tertiary/aromatic N) is 2. The number of ether oxygens (including phenoxy) is 1. The van der Waals surface area contributed by atoms with Gasteiger partial charge in [-0.25, -0.2) is 4.99 Å². The highest BCUT2D eigenvalue weighted by Gasteiger charge is 2.31. The van der Waals surface area contributed by atoms with Crippen LogP contribution in [-0.4, -0.2) is 43.0 Å². The molecule has 1 fully saturated rings. The summed E-state index contributed by atoms with van der Waals surface area (Å²) in [6.45, 7) is 10.2. The van der Waals surface area contributed by atoms with Gasteiger partial charge in [-0.1, -0.05) is 32.4 Å². The summed E-state index contributed by atoms with van der Waals surface area (Å²) in [5, 5.41) is 3.44. The summed E-state index contributed by atoms with van der Waals surface area (Å²) in [6, 6.07) is 7.66. The van der Waals surface area contributed by atoms with Gasteiger partial charge in [0.05, 0.1) is 6.54 Å². The first-order valence-corrected chi connectivity index (χ1v) is 9.99. The number of carbonyl (C=O) groups excluding carboxylic acids is 1. The van der Waals surface area contributed by atoms with Crippen LogP contribution >= 0.6 is 24.0 Å². The first-order valence-electron chi connectivity index (χ1n) is 9.99. The normalized spacial score (nSPS) is 19.7. The number of rotatable bonds is 8. The molecule has 3 N–H and O–H groups in total. The molecule has 7 heteroatoms. The van der Waals surface area contributed by atoms with Crippen LogP contribution in [0.15, 0.2) is 29.3 Å². The smallest absolute Gasteiger partial charge is 0.255 e. The van der Waals surface area contributed by atoms with Gasteiger partial charge in [0.1, 0.15) is 5.75 Å². The summed E-state index contributed by atoms with van der Waals surface area (Å²) >= 11 is 0. The summed E-state index contributed by atoms with van der Waals surface area (Å²) in [7, 11) is 0. The Morgan fingerprint density at radius 2 is 2.18 bits per heavy atom. The number of halogens is 1. The van der Waals surface area contributed by atoms with Gasteiger partial charge in [0.2, 0.25) is 0 Å². The molecule has 6 nitrogen and oxygen atoms in total. The number of amides is 1. The molecule has 1 saturated heterocycles. The summed E-state index contributed by atoms with van der Waals surface area (Å²) in [6.07, 6.45) is 4.96. The van der Waals surface area contributed by atoms with E-state index in [-0.39, 0.29) is 30.6 Å². The van der Waals surface area contributed by atoms with E-state index in [1.54, 1.807) is 0 Å². The topological polar surface area (TPSA) is 79.9 Å². The largest absolute Gasteiger partial charge is 0.484 e. The van der Waals surface area contributed by atoms with E-state index < -0.39 is 5.91 Å². The van der Waals surface area contributed by atoms with Gasteiger partial charge in [0.15, 0.2) is 12.6 Å². The van der Waals surface area contributed by atoms with Crippen LogP contribution in [-0.2, 0) is 11.3 Å². The molecule has 28 heavy (non-hydrogen) atoms. The minimum atomic E-state index is -0.479. The molecule has 1 heterocycles. The maximum atomic E-state index is 10.9. The molecular formula is C21H35IN4O2. The second-order valence-corrected chi connectivity index (χ2v) is 7.66. The lowest BCUT2D eigenvalue weighted by Gasteiger charge is -2.42. The molecule has 0 saturated carbocycles. The zero-order valence-corrected chi connectivity index (χ0v) is 19.7. The summed E-state index contributed by atoms with van der Waals surface area (Å²) < 4.78 is 5.38. The van der Waals surface area contributed by atoms with Crippen LogP contribution in [0.4, 0.5) is 0 Å². The molecule has 2 rings (SSSR count). The van der Waals surface area contributed by atoms with E-state index in [9.17, 15) is 4.79 Å². The Bertz CT molecular complexity index is 649. The van der Waals surface area contributed by atoms with E-state index in [1.807, 2.05) is 24.3 Å². The Morgan fingerprint density at radius 3 is 2.86 bits per heavy atom. The third kappa shape index (κ3) is 7.85. The number of primary amides is 1. The molecule has 1 aromatic rings. The van der Waals surface area contributed by atoms with Crippen molar-refractivity contribution in [1.29, 1.82) is 0 Å². The van der Waals surface area contributed by atoms with Crippen molar-refractivity contribution in [3.05, 3.63) is 29.8 Å². The molecule has 1 aromatic carbocycles. The van der Waals surface area contributed by atoms with Crippen LogP contribution in [0.2, 0.25) is 0 Å². The van der Waals surface area contributed by atoms with Gasteiger partial charge in [-0.3, -0.25) is 4.79 Å². The highest BCUT2D eigenvalue weighted by molar-refractivity contribution is 14.0. The lowest BCUT2D eigenvalue weighted by molar-refractivity contribution is -0.119. The predicted octanol–water partition coefficient (Wildman–Crippen LogP) is 3.54. The molecule has 1 unspecified atom stereocenters. The van der Waals surface area contributed by atoms with Crippen LogP contribution in [0.1, 0.15) is 52.0 Å².